The number of alkyl carbamates (subject to hydrolysis) is 1. The smallest absolute Gasteiger partial charge is 0.444 e. The number of rotatable bonds is 4. The Kier molecular flexibility index (Phi) is 6.73. The average molecular weight is 419 g/mol. The van der Waals surface area contributed by atoms with E-state index in [2.05, 4.69) is 11.4 Å². The highest BCUT2D eigenvalue weighted by Crippen LogP contribution is 2.39. The second-order valence-corrected chi connectivity index (χ2v) is 9.44. The van der Waals surface area contributed by atoms with Crippen LogP contribution in [-0.2, 0) is 14.0 Å². The summed E-state index contributed by atoms with van der Waals surface area (Å²) < 4.78 is 17.6. The van der Waals surface area contributed by atoms with E-state index >= 15 is 0 Å². The first kappa shape index (κ1) is 23.3. The summed E-state index contributed by atoms with van der Waals surface area (Å²) in [5.74, 6) is 0. The molecule has 0 bridgehead atoms. The zero-order chi connectivity index (χ0) is 22.0. The lowest BCUT2D eigenvalue weighted by Gasteiger charge is -2.32. The maximum atomic E-state index is 12.1. The van der Waals surface area contributed by atoms with Crippen LogP contribution in [0.25, 0.3) is 6.08 Å². The van der Waals surface area contributed by atoms with Crippen molar-refractivity contribution in [2.75, 3.05) is 6.54 Å². The average Bonchev–Trinajstić information content (AvgIpc) is 2.77. The molecule has 2 rings (SSSR count). The van der Waals surface area contributed by atoms with Crippen molar-refractivity contribution in [3.8, 4) is 6.07 Å². The van der Waals surface area contributed by atoms with Crippen LogP contribution < -0.4 is 5.32 Å². The molecular weight excluding hydrogens is 391 g/mol. The molecule has 0 unspecified atom stereocenters. The molecule has 0 spiro atoms. The molecule has 1 N–H and O–H groups in total. The van der Waals surface area contributed by atoms with E-state index in [9.17, 15) is 10.1 Å². The fourth-order valence-electron chi connectivity index (χ4n) is 2.64. The number of carbonyl (C=O) groups excluding carboxylic acids is 1. The minimum absolute atomic E-state index is 0.128. The fraction of sp³-hybridized carbons (Fsp3) is 0.524. The van der Waals surface area contributed by atoms with Crippen LogP contribution in [-0.4, -0.2) is 36.6 Å². The molecule has 1 heterocycles. The summed E-state index contributed by atoms with van der Waals surface area (Å²) in [6.07, 6.45) is 1.22. The van der Waals surface area contributed by atoms with E-state index in [1.54, 1.807) is 45.0 Å². The summed E-state index contributed by atoms with van der Waals surface area (Å²) >= 11 is 6.12. The zero-order valence-corrected chi connectivity index (χ0v) is 18.8. The molecule has 1 amide bonds. The van der Waals surface area contributed by atoms with Gasteiger partial charge in [-0.25, -0.2) is 4.79 Å². The number of halogens is 1. The number of nitriles is 1. The zero-order valence-electron chi connectivity index (χ0n) is 18.1. The summed E-state index contributed by atoms with van der Waals surface area (Å²) in [5, 5.41) is 12.7. The van der Waals surface area contributed by atoms with Gasteiger partial charge < -0.3 is 19.4 Å². The summed E-state index contributed by atoms with van der Waals surface area (Å²) in [7, 11) is -0.694. The molecule has 1 fully saturated rings. The van der Waals surface area contributed by atoms with E-state index in [1.165, 1.54) is 0 Å². The van der Waals surface area contributed by atoms with Gasteiger partial charge in [-0.05, 0) is 77.7 Å². The van der Waals surface area contributed by atoms with Crippen LogP contribution in [0.2, 0.25) is 5.02 Å². The van der Waals surface area contributed by atoms with E-state index in [4.69, 9.17) is 25.6 Å². The van der Waals surface area contributed by atoms with E-state index in [-0.39, 0.29) is 6.54 Å². The minimum atomic E-state index is -0.694. The molecule has 6 nitrogen and oxygen atoms in total. The Morgan fingerprint density at radius 3 is 2.38 bits per heavy atom. The number of hydrogen-bond donors (Lipinski definition) is 1. The molecule has 0 aliphatic carbocycles. The van der Waals surface area contributed by atoms with E-state index in [1.807, 2.05) is 27.7 Å². The lowest BCUT2D eigenvalue weighted by Crippen LogP contribution is -2.41. The number of carbonyl (C=O) groups is 1. The van der Waals surface area contributed by atoms with Gasteiger partial charge in [-0.1, -0.05) is 17.7 Å². The van der Waals surface area contributed by atoms with Gasteiger partial charge in [0.25, 0.3) is 0 Å². The molecule has 0 atom stereocenters. The maximum absolute atomic E-state index is 12.1. The summed E-state index contributed by atoms with van der Waals surface area (Å²) in [6, 6.07) is 7.15. The van der Waals surface area contributed by atoms with Crippen molar-refractivity contribution in [1.82, 2.24) is 5.32 Å². The normalized spacial score (nSPS) is 18.3. The van der Waals surface area contributed by atoms with Crippen LogP contribution >= 0.6 is 11.6 Å². The summed E-state index contributed by atoms with van der Waals surface area (Å²) in [4.78, 5) is 12.1. The third-order valence-electron chi connectivity index (χ3n) is 4.87. The number of benzene rings is 1. The quantitative estimate of drug-likeness (QED) is 0.714. The first-order valence-corrected chi connectivity index (χ1v) is 9.84. The van der Waals surface area contributed by atoms with Crippen molar-refractivity contribution < 1.29 is 18.8 Å². The molecule has 1 aromatic carbocycles. The van der Waals surface area contributed by atoms with Crippen molar-refractivity contribution in [3.05, 3.63) is 39.8 Å². The Morgan fingerprint density at radius 1 is 1.28 bits per heavy atom. The third kappa shape index (κ3) is 5.99. The van der Waals surface area contributed by atoms with E-state index in [0.29, 0.717) is 21.6 Å². The lowest BCUT2D eigenvalue weighted by atomic mass is 9.76. The molecule has 0 saturated carbocycles. The SMILES string of the molecule is CC(C)(C)OC(=O)NCC(=Cc1cc(Cl)ccc1C#N)B1OC(C)(C)C(C)(C)O1. The molecule has 1 aliphatic rings. The molecule has 1 saturated heterocycles. The molecule has 0 aromatic heterocycles. The fourth-order valence-corrected chi connectivity index (χ4v) is 2.82. The maximum Gasteiger partial charge on any atom is 0.492 e. The number of ether oxygens (including phenoxy) is 1. The first-order valence-electron chi connectivity index (χ1n) is 9.47. The van der Waals surface area contributed by atoms with Gasteiger partial charge in [0, 0.05) is 11.6 Å². The van der Waals surface area contributed by atoms with Crippen molar-refractivity contribution >= 4 is 30.9 Å². The molecular formula is C21H28BClN2O4. The van der Waals surface area contributed by atoms with Crippen LogP contribution in [0.1, 0.15) is 59.6 Å². The van der Waals surface area contributed by atoms with Gasteiger partial charge in [0.1, 0.15) is 5.60 Å². The monoisotopic (exact) mass is 418 g/mol. The Balaban J connectivity index is 2.36. The highest BCUT2D eigenvalue weighted by molar-refractivity contribution is 6.56. The van der Waals surface area contributed by atoms with Crippen molar-refractivity contribution in [1.29, 1.82) is 5.26 Å². The van der Waals surface area contributed by atoms with Gasteiger partial charge in [0.2, 0.25) is 0 Å². The third-order valence-corrected chi connectivity index (χ3v) is 5.10. The predicted molar refractivity (Wildman–Crippen MR) is 114 cm³/mol. The van der Waals surface area contributed by atoms with Crippen molar-refractivity contribution in [2.24, 2.45) is 0 Å². The lowest BCUT2D eigenvalue weighted by molar-refractivity contribution is 0.00578. The Hall–Kier alpha value is -2.01. The molecule has 29 heavy (non-hydrogen) atoms. The van der Waals surface area contributed by atoms with E-state index < -0.39 is 30.0 Å². The largest absolute Gasteiger partial charge is 0.492 e. The van der Waals surface area contributed by atoms with Crippen LogP contribution in [0.3, 0.4) is 0 Å². The van der Waals surface area contributed by atoms with Gasteiger partial charge in [0.05, 0.1) is 22.8 Å². The topological polar surface area (TPSA) is 80.6 Å². The summed E-state index contributed by atoms with van der Waals surface area (Å²) in [6.45, 7) is 13.3. The highest BCUT2D eigenvalue weighted by atomic mass is 35.5. The number of nitrogens with zero attached hydrogens (tertiary/aromatic N) is 1. The Labute approximate surface area is 178 Å². The second-order valence-electron chi connectivity index (χ2n) is 9.01. The van der Waals surface area contributed by atoms with Crippen LogP contribution in [0, 0.1) is 11.3 Å². The van der Waals surface area contributed by atoms with Gasteiger partial charge in [-0.2, -0.15) is 5.26 Å². The molecule has 0 radical (unpaired) electrons. The highest BCUT2D eigenvalue weighted by Gasteiger charge is 2.52. The van der Waals surface area contributed by atoms with Gasteiger partial charge in [-0.3, -0.25) is 0 Å². The van der Waals surface area contributed by atoms with Crippen LogP contribution in [0.4, 0.5) is 4.79 Å². The predicted octanol–water partition coefficient (Wildman–Crippen LogP) is 4.75. The molecule has 8 heteroatoms. The van der Waals surface area contributed by atoms with Gasteiger partial charge in [-0.15, -0.1) is 0 Å². The van der Waals surface area contributed by atoms with Gasteiger partial charge in [0.15, 0.2) is 0 Å². The number of hydrogen-bond acceptors (Lipinski definition) is 5. The van der Waals surface area contributed by atoms with Gasteiger partial charge >= 0.3 is 13.2 Å². The Bertz CT molecular complexity index is 837. The standard InChI is InChI=1S/C21H28BClN2O4/c1-19(2,3)27-18(26)25-13-16(22-28-20(4,5)21(6,7)29-22)10-15-11-17(23)9-8-14(15)12-24/h8-11H,13H2,1-7H3,(H,25,26). The van der Waals surface area contributed by atoms with Crippen molar-refractivity contribution in [3.63, 3.8) is 0 Å². The molecule has 156 valence electrons. The number of amides is 1. The second kappa shape index (κ2) is 8.39. The van der Waals surface area contributed by atoms with Crippen molar-refractivity contribution in [2.45, 2.75) is 65.3 Å². The minimum Gasteiger partial charge on any atom is -0.444 e. The summed E-state index contributed by atoms with van der Waals surface area (Å²) in [5.41, 5.74) is 0.0215. The van der Waals surface area contributed by atoms with Crippen LogP contribution in [0.15, 0.2) is 23.7 Å². The first-order chi connectivity index (χ1) is 13.2. The van der Waals surface area contributed by atoms with E-state index in [0.717, 1.165) is 0 Å². The molecule has 1 aromatic rings. The van der Waals surface area contributed by atoms with Crippen LogP contribution in [0.5, 0.6) is 0 Å². The molecule has 1 aliphatic heterocycles. The number of nitrogens with one attached hydrogen (secondary N) is 1. The Morgan fingerprint density at radius 2 is 1.86 bits per heavy atom.